The number of benzene rings is 2. The van der Waals surface area contributed by atoms with Crippen LogP contribution < -0.4 is 0 Å². The monoisotopic (exact) mass is 537 g/mol. The zero-order valence-corrected chi connectivity index (χ0v) is 17.3. The van der Waals surface area contributed by atoms with Gasteiger partial charge in [-0.25, -0.2) is 0 Å². The quantitative estimate of drug-likeness (QED) is 0.474. The predicted octanol–water partition coefficient (Wildman–Crippen LogP) is 3.81. The third-order valence-corrected chi connectivity index (χ3v) is 4.94. The van der Waals surface area contributed by atoms with Gasteiger partial charge in [0.05, 0.1) is 0 Å². The van der Waals surface area contributed by atoms with E-state index in [-0.39, 0.29) is 21.1 Å². The van der Waals surface area contributed by atoms with Crippen LogP contribution in [0.2, 0.25) is 0 Å². The standard InChI is InChI=1S/C22H22N4.Pt/c1-3-19-11-20(4-1)14-24-8-10-26(18-24)16-22-6-2-5-21(12-22)15-25-9-7-23(13-19)17-25;/h1-12,17-18H,13-16H2;/q-2;+2. The molecule has 8 bridgehead atoms. The van der Waals surface area contributed by atoms with Crippen LogP contribution in [0.1, 0.15) is 22.3 Å². The Bertz CT molecular complexity index is 733. The Morgan fingerprint density at radius 2 is 0.815 bits per heavy atom. The summed E-state index contributed by atoms with van der Waals surface area (Å²) in [5.74, 6) is 0. The summed E-state index contributed by atoms with van der Waals surface area (Å²) in [5, 5.41) is 0. The maximum absolute atomic E-state index is 2.31. The van der Waals surface area contributed by atoms with Gasteiger partial charge in [0.25, 0.3) is 0 Å². The molecule has 0 spiro atoms. The molecule has 0 aliphatic carbocycles. The van der Waals surface area contributed by atoms with Gasteiger partial charge in [-0.1, -0.05) is 48.5 Å². The number of fused-ring (bicyclic) bond motifs is 8. The van der Waals surface area contributed by atoms with Gasteiger partial charge in [-0.05, 0) is 47.1 Å². The molecule has 0 unspecified atom stereocenters. The number of hydrogen-bond donors (Lipinski definition) is 0. The Labute approximate surface area is 175 Å². The second-order valence-corrected chi connectivity index (χ2v) is 7.16. The molecule has 5 heteroatoms. The Balaban J connectivity index is 0.00000180. The number of hydrogen-bond acceptors (Lipinski definition) is 4. The molecule has 0 atom stereocenters. The summed E-state index contributed by atoms with van der Waals surface area (Å²) in [6.45, 7) is 7.96. The van der Waals surface area contributed by atoms with Gasteiger partial charge in [-0.15, -0.1) is 0 Å². The van der Waals surface area contributed by atoms with Gasteiger partial charge in [0.2, 0.25) is 0 Å². The van der Waals surface area contributed by atoms with Crippen molar-refractivity contribution in [1.82, 2.24) is 19.6 Å². The molecule has 0 saturated carbocycles. The van der Waals surface area contributed by atoms with Crippen molar-refractivity contribution in [3.63, 3.8) is 0 Å². The minimum atomic E-state index is 0. The minimum absolute atomic E-state index is 0. The summed E-state index contributed by atoms with van der Waals surface area (Å²) in [6.07, 6.45) is 8.62. The number of nitrogens with zero attached hydrogens (tertiary/aromatic N) is 4. The average Bonchev–Trinajstić information content (AvgIpc) is 3.24. The van der Waals surface area contributed by atoms with Gasteiger partial charge in [0.15, 0.2) is 0 Å². The molecule has 27 heavy (non-hydrogen) atoms. The SMILES string of the molecule is C1=CN2[CH-]N1Cc1cccc(c1)CN1C=CN([CH-]1)Cc1cccc(c1)C2.[Pt+2]. The summed E-state index contributed by atoms with van der Waals surface area (Å²) in [5.41, 5.74) is 5.33. The van der Waals surface area contributed by atoms with Crippen molar-refractivity contribution in [3.05, 3.63) is 109 Å². The van der Waals surface area contributed by atoms with Crippen LogP contribution in [0.3, 0.4) is 0 Å². The molecule has 0 radical (unpaired) electrons. The molecule has 0 aromatic heterocycles. The molecule has 3 aliphatic rings. The molecular weight excluding hydrogens is 515 g/mol. The van der Waals surface area contributed by atoms with Crippen molar-refractivity contribution in [2.75, 3.05) is 0 Å². The summed E-state index contributed by atoms with van der Waals surface area (Å²) in [4.78, 5) is 8.99. The summed E-state index contributed by atoms with van der Waals surface area (Å²) in [7, 11) is 0. The van der Waals surface area contributed by atoms with Crippen LogP contribution in [0.5, 0.6) is 0 Å². The van der Waals surface area contributed by atoms with Crippen LogP contribution in [-0.2, 0) is 47.2 Å². The van der Waals surface area contributed by atoms with Gasteiger partial charge in [-0.3, -0.25) is 0 Å². The predicted molar refractivity (Wildman–Crippen MR) is 102 cm³/mol. The maximum Gasteiger partial charge on any atom is 2.00 e. The van der Waals surface area contributed by atoms with E-state index in [1.54, 1.807) is 0 Å². The van der Waals surface area contributed by atoms with E-state index in [4.69, 9.17) is 0 Å². The van der Waals surface area contributed by atoms with E-state index in [0.717, 1.165) is 26.2 Å². The molecule has 2 aromatic rings. The fraction of sp³-hybridized carbons (Fsp3) is 0.182. The van der Waals surface area contributed by atoms with Crippen LogP contribution in [-0.4, -0.2) is 19.6 Å². The first kappa shape index (κ1) is 18.2. The van der Waals surface area contributed by atoms with Crippen molar-refractivity contribution >= 4 is 0 Å². The topological polar surface area (TPSA) is 13.0 Å². The van der Waals surface area contributed by atoms with Gasteiger partial charge < -0.3 is 19.6 Å². The summed E-state index contributed by atoms with van der Waals surface area (Å²) >= 11 is 0. The smallest absolute Gasteiger partial charge is 0.505 e. The normalized spacial score (nSPS) is 18.1. The van der Waals surface area contributed by atoms with Crippen molar-refractivity contribution in [2.24, 2.45) is 0 Å². The van der Waals surface area contributed by atoms with E-state index < -0.39 is 0 Å². The molecule has 2 aromatic carbocycles. The Morgan fingerprint density at radius 3 is 1.11 bits per heavy atom. The molecule has 0 N–H and O–H groups in total. The summed E-state index contributed by atoms with van der Waals surface area (Å²) < 4.78 is 0. The molecule has 0 amide bonds. The fourth-order valence-corrected chi connectivity index (χ4v) is 3.75. The van der Waals surface area contributed by atoms with Crippen LogP contribution in [0.4, 0.5) is 0 Å². The van der Waals surface area contributed by atoms with Gasteiger partial charge in [0, 0.05) is 26.2 Å². The first-order valence-electron chi connectivity index (χ1n) is 9.05. The molecule has 140 valence electrons. The van der Waals surface area contributed by atoms with Crippen LogP contribution >= 0.6 is 0 Å². The molecule has 3 heterocycles. The van der Waals surface area contributed by atoms with Crippen molar-refractivity contribution in [2.45, 2.75) is 26.2 Å². The van der Waals surface area contributed by atoms with E-state index in [2.05, 4.69) is 106 Å². The zero-order chi connectivity index (χ0) is 17.3. The Morgan fingerprint density at radius 1 is 0.519 bits per heavy atom. The second kappa shape index (κ2) is 7.82. The van der Waals surface area contributed by atoms with Crippen LogP contribution in [0.15, 0.2) is 73.3 Å². The van der Waals surface area contributed by atoms with Gasteiger partial charge in [0.1, 0.15) is 0 Å². The summed E-state index contributed by atoms with van der Waals surface area (Å²) in [6, 6.07) is 17.8. The van der Waals surface area contributed by atoms with Gasteiger partial charge in [-0.2, -0.15) is 13.3 Å². The fourth-order valence-electron chi connectivity index (χ4n) is 3.75. The Kier molecular flexibility index (Phi) is 5.26. The van der Waals surface area contributed by atoms with Crippen molar-refractivity contribution in [3.8, 4) is 0 Å². The molecule has 3 aliphatic heterocycles. The zero-order valence-electron chi connectivity index (χ0n) is 15.0. The molecular formula is C22H22N4Pt. The van der Waals surface area contributed by atoms with E-state index >= 15 is 0 Å². The van der Waals surface area contributed by atoms with Gasteiger partial charge >= 0.3 is 21.1 Å². The third-order valence-electron chi connectivity index (χ3n) is 4.94. The first-order chi connectivity index (χ1) is 12.8. The minimum Gasteiger partial charge on any atom is -0.505 e. The van der Waals surface area contributed by atoms with Crippen molar-refractivity contribution in [1.29, 1.82) is 0 Å². The van der Waals surface area contributed by atoms with Crippen LogP contribution in [0.25, 0.3) is 0 Å². The van der Waals surface area contributed by atoms with E-state index in [9.17, 15) is 0 Å². The molecule has 0 saturated heterocycles. The second-order valence-electron chi connectivity index (χ2n) is 7.16. The largest absolute Gasteiger partial charge is 2.00 e. The molecule has 5 rings (SSSR count). The number of rotatable bonds is 0. The van der Waals surface area contributed by atoms with Crippen molar-refractivity contribution < 1.29 is 21.1 Å². The average molecular weight is 538 g/mol. The van der Waals surface area contributed by atoms with Crippen LogP contribution in [0, 0.1) is 13.3 Å². The molecule has 4 nitrogen and oxygen atoms in total. The van der Waals surface area contributed by atoms with E-state index in [1.807, 2.05) is 0 Å². The van der Waals surface area contributed by atoms with E-state index in [0.29, 0.717) is 0 Å². The molecule has 0 fully saturated rings. The Hall–Kier alpha value is -2.19. The third kappa shape index (κ3) is 4.22. The first-order valence-corrected chi connectivity index (χ1v) is 9.05. The maximum atomic E-state index is 2.31. The van der Waals surface area contributed by atoms with E-state index in [1.165, 1.54) is 22.3 Å².